The molecule has 1 aromatic rings. The molecule has 2 rings (SSSR count). The quantitative estimate of drug-likeness (QED) is 0.706. The third-order valence-electron chi connectivity index (χ3n) is 3.58. The molecule has 3 N–H and O–H groups in total. The van der Waals surface area contributed by atoms with Gasteiger partial charge in [-0.3, -0.25) is 0 Å². The largest absolute Gasteiger partial charge is 0.491 e. The summed E-state index contributed by atoms with van der Waals surface area (Å²) in [6.45, 7) is 1.43. The van der Waals surface area contributed by atoms with Gasteiger partial charge in [0.15, 0.2) is 0 Å². The molecule has 0 aromatic heterocycles. The Balaban J connectivity index is 1.58. The van der Waals surface area contributed by atoms with E-state index in [4.69, 9.17) is 4.74 Å². The molecule has 0 saturated heterocycles. The Morgan fingerprint density at radius 1 is 1.30 bits per heavy atom. The van der Waals surface area contributed by atoms with Crippen LogP contribution in [0.15, 0.2) is 24.3 Å². The SMILES string of the molecule is OC(CNCC1CCC(O)C1)COc1ccc(F)cc1. The molecule has 112 valence electrons. The van der Waals surface area contributed by atoms with Crippen LogP contribution < -0.4 is 10.1 Å². The fraction of sp³-hybridized carbons (Fsp3) is 0.600. The topological polar surface area (TPSA) is 61.7 Å². The van der Waals surface area contributed by atoms with Crippen molar-refractivity contribution in [1.82, 2.24) is 5.32 Å². The van der Waals surface area contributed by atoms with Crippen molar-refractivity contribution in [1.29, 1.82) is 0 Å². The van der Waals surface area contributed by atoms with E-state index in [9.17, 15) is 14.6 Å². The minimum atomic E-state index is -0.605. The minimum absolute atomic E-state index is 0.159. The molecule has 0 amide bonds. The molecule has 0 radical (unpaired) electrons. The van der Waals surface area contributed by atoms with Crippen LogP contribution in [0.1, 0.15) is 19.3 Å². The Hall–Kier alpha value is -1.17. The Bertz CT molecular complexity index is 399. The predicted molar refractivity (Wildman–Crippen MR) is 74.1 cm³/mol. The average Bonchev–Trinajstić information content (AvgIpc) is 2.84. The summed E-state index contributed by atoms with van der Waals surface area (Å²) in [7, 11) is 0. The monoisotopic (exact) mass is 283 g/mol. The minimum Gasteiger partial charge on any atom is -0.491 e. The molecule has 5 heteroatoms. The second-order valence-corrected chi connectivity index (χ2v) is 5.41. The maximum absolute atomic E-state index is 12.7. The molecule has 3 atom stereocenters. The lowest BCUT2D eigenvalue weighted by Gasteiger charge is -2.15. The van der Waals surface area contributed by atoms with Crippen molar-refractivity contribution >= 4 is 0 Å². The van der Waals surface area contributed by atoms with Crippen LogP contribution >= 0.6 is 0 Å². The van der Waals surface area contributed by atoms with Gasteiger partial charge in [0.25, 0.3) is 0 Å². The molecular weight excluding hydrogens is 261 g/mol. The van der Waals surface area contributed by atoms with Gasteiger partial charge in [-0.25, -0.2) is 4.39 Å². The molecule has 1 aromatic carbocycles. The van der Waals surface area contributed by atoms with Crippen LogP contribution in [-0.2, 0) is 0 Å². The lowest BCUT2D eigenvalue weighted by molar-refractivity contribution is 0.105. The summed E-state index contributed by atoms with van der Waals surface area (Å²) in [5.41, 5.74) is 0. The number of rotatable bonds is 7. The summed E-state index contributed by atoms with van der Waals surface area (Å²) in [6.07, 6.45) is 1.99. The normalized spacial score (nSPS) is 23.8. The molecule has 0 spiro atoms. The number of benzene rings is 1. The molecule has 1 fully saturated rings. The van der Waals surface area contributed by atoms with E-state index in [0.29, 0.717) is 18.2 Å². The van der Waals surface area contributed by atoms with Crippen LogP contribution in [0.4, 0.5) is 4.39 Å². The van der Waals surface area contributed by atoms with Crippen molar-refractivity contribution in [3.8, 4) is 5.75 Å². The van der Waals surface area contributed by atoms with Crippen molar-refractivity contribution in [3.05, 3.63) is 30.1 Å². The van der Waals surface area contributed by atoms with E-state index in [1.807, 2.05) is 0 Å². The van der Waals surface area contributed by atoms with Gasteiger partial charge in [0.2, 0.25) is 0 Å². The Kier molecular flexibility index (Phi) is 5.76. The van der Waals surface area contributed by atoms with Crippen LogP contribution in [-0.4, -0.2) is 42.1 Å². The van der Waals surface area contributed by atoms with E-state index in [1.54, 1.807) is 0 Å². The Morgan fingerprint density at radius 3 is 2.70 bits per heavy atom. The van der Waals surface area contributed by atoms with Crippen molar-refractivity contribution in [2.24, 2.45) is 5.92 Å². The zero-order valence-corrected chi connectivity index (χ0v) is 11.5. The summed E-state index contributed by atoms with van der Waals surface area (Å²) in [5.74, 6) is 0.734. The van der Waals surface area contributed by atoms with Gasteiger partial charge in [-0.1, -0.05) is 0 Å². The summed E-state index contributed by atoms with van der Waals surface area (Å²) < 4.78 is 18.1. The van der Waals surface area contributed by atoms with E-state index in [-0.39, 0.29) is 18.5 Å². The van der Waals surface area contributed by atoms with Crippen molar-refractivity contribution in [2.75, 3.05) is 19.7 Å². The first-order chi connectivity index (χ1) is 9.63. The predicted octanol–water partition coefficient (Wildman–Crippen LogP) is 1.32. The highest BCUT2D eigenvalue weighted by molar-refractivity contribution is 5.22. The summed E-state index contributed by atoms with van der Waals surface area (Å²) in [4.78, 5) is 0. The van der Waals surface area contributed by atoms with Crippen LogP contribution in [0.25, 0.3) is 0 Å². The molecule has 1 aliphatic carbocycles. The standard InChI is InChI=1S/C15H22FNO3/c16-12-2-5-15(6-3-12)20-10-14(19)9-17-8-11-1-4-13(18)7-11/h2-3,5-6,11,13-14,17-19H,1,4,7-10H2. The number of aliphatic hydroxyl groups is 2. The van der Waals surface area contributed by atoms with E-state index in [2.05, 4.69) is 5.32 Å². The van der Waals surface area contributed by atoms with Gasteiger partial charge in [-0.15, -0.1) is 0 Å². The average molecular weight is 283 g/mol. The number of nitrogens with one attached hydrogen (secondary N) is 1. The Morgan fingerprint density at radius 2 is 2.05 bits per heavy atom. The molecule has 4 nitrogen and oxygen atoms in total. The Labute approximate surface area is 118 Å². The smallest absolute Gasteiger partial charge is 0.123 e. The number of halogens is 1. The number of aliphatic hydroxyl groups excluding tert-OH is 2. The lowest BCUT2D eigenvalue weighted by Crippen LogP contribution is -2.34. The van der Waals surface area contributed by atoms with Crippen molar-refractivity contribution in [3.63, 3.8) is 0 Å². The summed E-state index contributed by atoms with van der Waals surface area (Å²) >= 11 is 0. The second kappa shape index (κ2) is 7.57. The van der Waals surface area contributed by atoms with Gasteiger partial charge in [0, 0.05) is 6.54 Å². The fourth-order valence-electron chi connectivity index (χ4n) is 2.47. The van der Waals surface area contributed by atoms with E-state index >= 15 is 0 Å². The zero-order valence-electron chi connectivity index (χ0n) is 11.5. The van der Waals surface area contributed by atoms with Gasteiger partial charge in [-0.05, 0) is 56.0 Å². The third-order valence-corrected chi connectivity index (χ3v) is 3.58. The number of ether oxygens (including phenoxy) is 1. The molecule has 3 unspecified atom stereocenters. The van der Waals surface area contributed by atoms with Gasteiger partial charge in [0.1, 0.15) is 24.3 Å². The first kappa shape index (κ1) is 15.2. The maximum Gasteiger partial charge on any atom is 0.123 e. The van der Waals surface area contributed by atoms with Gasteiger partial charge >= 0.3 is 0 Å². The number of hydrogen-bond acceptors (Lipinski definition) is 4. The summed E-state index contributed by atoms with van der Waals surface area (Å²) in [6, 6.07) is 5.72. The highest BCUT2D eigenvalue weighted by Gasteiger charge is 2.22. The third kappa shape index (κ3) is 5.07. The molecule has 0 bridgehead atoms. The van der Waals surface area contributed by atoms with Crippen LogP contribution in [0.2, 0.25) is 0 Å². The van der Waals surface area contributed by atoms with Crippen LogP contribution in [0.3, 0.4) is 0 Å². The van der Waals surface area contributed by atoms with Crippen LogP contribution in [0, 0.1) is 11.7 Å². The van der Waals surface area contributed by atoms with Crippen molar-refractivity contribution < 1.29 is 19.3 Å². The first-order valence-electron chi connectivity index (χ1n) is 7.08. The first-order valence-corrected chi connectivity index (χ1v) is 7.08. The van der Waals surface area contributed by atoms with Gasteiger partial charge < -0.3 is 20.3 Å². The zero-order chi connectivity index (χ0) is 14.4. The molecule has 1 aliphatic rings. The second-order valence-electron chi connectivity index (χ2n) is 5.41. The lowest BCUT2D eigenvalue weighted by atomic mass is 10.1. The molecule has 1 saturated carbocycles. The van der Waals surface area contributed by atoms with Crippen LogP contribution in [0.5, 0.6) is 5.75 Å². The summed E-state index contributed by atoms with van der Waals surface area (Å²) in [5, 5.41) is 22.4. The van der Waals surface area contributed by atoms with Crippen molar-refractivity contribution in [2.45, 2.75) is 31.5 Å². The van der Waals surface area contributed by atoms with E-state index < -0.39 is 6.10 Å². The number of hydrogen-bond donors (Lipinski definition) is 3. The van der Waals surface area contributed by atoms with E-state index in [1.165, 1.54) is 24.3 Å². The molecule has 0 aliphatic heterocycles. The molecule has 20 heavy (non-hydrogen) atoms. The molecule has 0 heterocycles. The van der Waals surface area contributed by atoms with E-state index in [0.717, 1.165) is 25.8 Å². The fourth-order valence-corrected chi connectivity index (χ4v) is 2.47. The highest BCUT2D eigenvalue weighted by atomic mass is 19.1. The molecular formula is C15H22FNO3. The van der Waals surface area contributed by atoms with Gasteiger partial charge in [-0.2, -0.15) is 0 Å². The maximum atomic E-state index is 12.7. The highest BCUT2D eigenvalue weighted by Crippen LogP contribution is 2.24. The van der Waals surface area contributed by atoms with Gasteiger partial charge in [0.05, 0.1) is 6.10 Å².